The normalized spacial score (nSPS) is 19.8. The number of piperidine rings is 2. The molecule has 4 aliphatic rings. The van der Waals surface area contributed by atoms with Gasteiger partial charge in [-0.25, -0.2) is 24.7 Å². The maximum Gasteiger partial charge on any atom is 0.410 e. The number of hydrogen-bond acceptors (Lipinski definition) is 9. The molecule has 13 heteroatoms. The van der Waals surface area contributed by atoms with Crippen molar-refractivity contribution in [3.8, 4) is 22.5 Å². The first-order valence-corrected chi connectivity index (χ1v) is 27.9. The summed E-state index contributed by atoms with van der Waals surface area (Å²) in [6.45, 7) is 27.9. The van der Waals surface area contributed by atoms with Gasteiger partial charge in [0.05, 0.1) is 31.5 Å². The van der Waals surface area contributed by atoms with Crippen LogP contribution in [0, 0.1) is 0 Å². The molecule has 10 nitrogen and oxygen atoms in total. The van der Waals surface area contributed by atoms with Crippen LogP contribution >= 0.6 is 38.6 Å². The number of aromatic nitrogens is 5. The maximum atomic E-state index is 13.0. The summed E-state index contributed by atoms with van der Waals surface area (Å²) in [5.41, 5.74) is 12.4. The zero-order chi connectivity index (χ0) is 50.0. The number of likely N-dealkylation sites (tertiary alicyclic amines) is 2. The number of fused-ring (bicyclic) bond motifs is 3. The zero-order valence-electron chi connectivity index (χ0n) is 43.2. The highest BCUT2D eigenvalue weighted by molar-refractivity contribution is 9.11. The molecule has 70 heavy (non-hydrogen) atoms. The molecule has 2 aromatic carbocycles. The van der Waals surface area contributed by atoms with Crippen LogP contribution in [-0.4, -0.2) is 78.1 Å². The van der Waals surface area contributed by atoms with Gasteiger partial charge in [0.25, 0.3) is 0 Å². The third kappa shape index (κ3) is 10.5. The number of hydrogen-bond donors (Lipinski definition) is 0. The Morgan fingerprint density at radius 3 is 1.84 bits per heavy atom. The molecule has 2 fully saturated rings. The first-order chi connectivity index (χ1) is 33.0. The number of pyridine rings is 1. The number of rotatable bonds is 6. The van der Waals surface area contributed by atoms with E-state index in [1.165, 1.54) is 69.1 Å². The van der Waals surface area contributed by atoms with E-state index in [1.54, 1.807) is 35.2 Å². The van der Waals surface area contributed by atoms with E-state index in [0.29, 0.717) is 11.8 Å². The van der Waals surface area contributed by atoms with Gasteiger partial charge in [0.1, 0.15) is 17.7 Å². The molecule has 0 atom stereocenters. The second kappa shape index (κ2) is 19.2. The van der Waals surface area contributed by atoms with Gasteiger partial charge >= 0.3 is 6.09 Å². The van der Waals surface area contributed by atoms with Crippen LogP contribution in [0.2, 0.25) is 0 Å². The van der Waals surface area contributed by atoms with E-state index >= 15 is 0 Å². The fraction of sp³-hybridized carbons (Fsp3) is 0.544. The number of halogens is 1. The molecule has 10 rings (SSSR count). The highest BCUT2D eigenvalue weighted by Crippen LogP contribution is 2.49. The molecule has 2 saturated heterocycles. The summed E-state index contributed by atoms with van der Waals surface area (Å²) in [6.07, 6.45) is 11.9. The van der Waals surface area contributed by atoms with Crippen molar-refractivity contribution >= 4 is 61.8 Å². The maximum absolute atomic E-state index is 13.0. The minimum Gasteiger partial charge on any atom is -0.444 e. The molecule has 0 saturated carbocycles. The second-order valence-electron chi connectivity index (χ2n) is 23.9. The van der Waals surface area contributed by atoms with Gasteiger partial charge in [0.2, 0.25) is 5.91 Å². The fourth-order valence-electron chi connectivity index (χ4n) is 11.0. The molecule has 4 aromatic heterocycles. The zero-order valence-corrected chi connectivity index (χ0v) is 46.5. The molecular weight excluding hydrogens is 975 g/mol. The van der Waals surface area contributed by atoms with E-state index in [0.717, 1.165) is 78.2 Å². The van der Waals surface area contributed by atoms with Crippen molar-refractivity contribution in [2.45, 2.75) is 173 Å². The number of carbonyl (C=O) groups excluding carboxylic acids is 2. The highest BCUT2D eigenvalue weighted by atomic mass is 79.9. The Morgan fingerprint density at radius 2 is 1.24 bits per heavy atom. The number of imidazole rings is 1. The Hall–Kier alpha value is -4.46. The van der Waals surface area contributed by atoms with Crippen LogP contribution in [0.4, 0.5) is 4.79 Å². The number of benzene rings is 2. The smallest absolute Gasteiger partial charge is 0.410 e. The molecule has 372 valence electrons. The largest absolute Gasteiger partial charge is 0.444 e. The summed E-state index contributed by atoms with van der Waals surface area (Å²) >= 11 is 7.34. The van der Waals surface area contributed by atoms with Crippen LogP contribution < -0.4 is 0 Å². The molecule has 0 spiro atoms. The summed E-state index contributed by atoms with van der Waals surface area (Å²) in [5, 5.41) is 4.57. The number of amides is 2. The Morgan fingerprint density at radius 1 is 0.700 bits per heavy atom. The standard InChI is InChI=1S/C30H34BrN5OS.C27H38N2O2S/c1-29(2)11-12-30(3,4)22-16-20(7-8-21(22)29)25-26(31)38-28(34-25)19-9-14-35(15-10-19)24(37)17-36-18-33-23-6-5-13-32-27(23)36;1-25(2,3)31-24(30)29-14-10-18(11-15-29)23-28-22(17-32-23)19-8-9-20-21(16-19)27(6,7)13-12-26(20,4)5/h5-8,13,16,18-19H,9-12,14-15,17H2,1-4H3;8-9,16-18H,10-15H2,1-7H3. The highest BCUT2D eigenvalue weighted by Gasteiger charge is 2.39. The lowest BCUT2D eigenvalue weighted by Gasteiger charge is -2.42. The topological polar surface area (TPSA) is 106 Å². The van der Waals surface area contributed by atoms with Gasteiger partial charge in [0.15, 0.2) is 5.65 Å². The molecule has 2 amide bonds. The van der Waals surface area contributed by atoms with Gasteiger partial charge in [-0.2, -0.15) is 0 Å². The molecular formula is C57H72BrN7O3S2. The Labute approximate surface area is 432 Å². The van der Waals surface area contributed by atoms with E-state index in [9.17, 15) is 9.59 Å². The van der Waals surface area contributed by atoms with Gasteiger partial charge in [-0.1, -0.05) is 79.7 Å². The lowest BCUT2D eigenvalue weighted by molar-refractivity contribution is -0.132. The van der Waals surface area contributed by atoms with Gasteiger partial charge in [0, 0.05) is 60.7 Å². The van der Waals surface area contributed by atoms with Crippen LogP contribution in [-0.2, 0) is 37.7 Å². The van der Waals surface area contributed by atoms with E-state index in [2.05, 4.69) is 123 Å². The molecule has 2 aliphatic carbocycles. The average molecular weight is 1050 g/mol. The molecule has 0 unspecified atom stereocenters. The van der Waals surface area contributed by atoms with Gasteiger partial charge in [-0.15, -0.1) is 22.7 Å². The first-order valence-electron chi connectivity index (χ1n) is 25.4. The SMILES string of the molecule is CC(C)(C)OC(=O)N1CCC(c2nc(-c3ccc4c(c3)C(C)(C)CCC4(C)C)cs2)CC1.CC1(C)CCC(C)(C)c2cc(-c3nc(C4CCN(C(=O)Cn5cnc6cccnc65)CC4)sc3Br)ccc21. The van der Waals surface area contributed by atoms with Gasteiger partial charge in [-0.3, -0.25) is 4.79 Å². The molecule has 2 aliphatic heterocycles. The van der Waals surface area contributed by atoms with Crippen molar-refractivity contribution < 1.29 is 14.3 Å². The monoisotopic (exact) mass is 1050 g/mol. The first kappa shape index (κ1) is 50.5. The minimum atomic E-state index is -0.448. The van der Waals surface area contributed by atoms with Crippen molar-refractivity contribution in [3.05, 3.63) is 102 Å². The van der Waals surface area contributed by atoms with Crippen molar-refractivity contribution in [1.29, 1.82) is 0 Å². The third-order valence-electron chi connectivity index (χ3n) is 15.8. The molecule has 0 bridgehead atoms. The Kier molecular flexibility index (Phi) is 13.8. The summed E-state index contributed by atoms with van der Waals surface area (Å²) in [6, 6.07) is 17.7. The van der Waals surface area contributed by atoms with E-state index in [4.69, 9.17) is 14.7 Å². The third-order valence-corrected chi connectivity index (χ3v) is 18.6. The quantitative estimate of drug-likeness (QED) is 0.164. The molecule has 6 heterocycles. The predicted molar refractivity (Wildman–Crippen MR) is 289 cm³/mol. The number of thiazole rings is 2. The number of nitrogens with zero attached hydrogens (tertiary/aromatic N) is 7. The van der Waals surface area contributed by atoms with Crippen LogP contribution in [0.1, 0.15) is 172 Å². The number of carbonyl (C=O) groups is 2. The molecule has 6 aromatic rings. The summed E-state index contributed by atoms with van der Waals surface area (Å²) < 4.78 is 8.47. The lowest BCUT2D eigenvalue weighted by Crippen LogP contribution is -2.41. The predicted octanol–water partition coefficient (Wildman–Crippen LogP) is 14.3. The van der Waals surface area contributed by atoms with Crippen LogP contribution in [0.15, 0.2) is 70.2 Å². The van der Waals surface area contributed by atoms with E-state index in [-0.39, 0.29) is 40.2 Å². The van der Waals surface area contributed by atoms with E-state index < -0.39 is 5.60 Å². The van der Waals surface area contributed by atoms with E-state index in [1.807, 2.05) is 47.3 Å². The summed E-state index contributed by atoms with van der Waals surface area (Å²) in [7, 11) is 0. The summed E-state index contributed by atoms with van der Waals surface area (Å²) in [5.74, 6) is 0.910. The van der Waals surface area contributed by atoms with Crippen LogP contribution in [0.25, 0.3) is 33.7 Å². The average Bonchev–Trinajstić information content (AvgIpc) is 4.08. The van der Waals surface area contributed by atoms with Crippen LogP contribution in [0.5, 0.6) is 0 Å². The van der Waals surface area contributed by atoms with Crippen LogP contribution in [0.3, 0.4) is 0 Å². The molecule has 0 N–H and O–H groups in total. The summed E-state index contributed by atoms with van der Waals surface area (Å²) in [4.78, 5) is 48.1. The van der Waals surface area contributed by atoms with Crippen molar-refractivity contribution in [2.24, 2.45) is 0 Å². The fourth-order valence-corrected chi connectivity index (χ4v) is 13.8. The van der Waals surface area contributed by atoms with Crippen molar-refractivity contribution in [1.82, 2.24) is 34.3 Å². The Bertz CT molecular complexity index is 2890. The Balaban J connectivity index is 0.000000177. The minimum absolute atomic E-state index is 0.119. The second-order valence-corrected chi connectivity index (χ2v) is 27.2. The van der Waals surface area contributed by atoms with Gasteiger partial charge in [-0.05, 0) is 156 Å². The number of ether oxygens (including phenoxy) is 1. The van der Waals surface area contributed by atoms with Crippen molar-refractivity contribution in [3.63, 3.8) is 0 Å². The molecule has 0 radical (unpaired) electrons. The lowest BCUT2D eigenvalue weighted by atomic mass is 9.63. The van der Waals surface area contributed by atoms with Gasteiger partial charge < -0.3 is 19.1 Å². The van der Waals surface area contributed by atoms with Crippen molar-refractivity contribution in [2.75, 3.05) is 26.2 Å².